The molecule has 0 radical (unpaired) electrons. The van der Waals surface area contributed by atoms with Crippen molar-refractivity contribution in [2.45, 2.75) is 25.7 Å². The second-order valence-corrected chi connectivity index (χ2v) is 6.62. The molecule has 2 heterocycles. The second kappa shape index (κ2) is 7.53. The number of hydrogen-bond acceptors (Lipinski definition) is 5. The highest BCUT2D eigenvalue weighted by molar-refractivity contribution is 7.18. The number of aliphatic hydroxyl groups is 1. The van der Waals surface area contributed by atoms with Gasteiger partial charge < -0.3 is 10.4 Å². The van der Waals surface area contributed by atoms with Crippen LogP contribution in [0.5, 0.6) is 0 Å². The number of thiophene rings is 1. The van der Waals surface area contributed by atoms with E-state index in [1.807, 2.05) is 18.2 Å². The third kappa shape index (κ3) is 3.68. The zero-order chi connectivity index (χ0) is 16.1. The number of benzene rings is 1. The number of hydrogen-bond donors (Lipinski definition) is 2. The Kier molecular flexibility index (Phi) is 5.20. The van der Waals surface area contributed by atoms with Crippen LogP contribution in [0.25, 0.3) is 10.2 Å². The van der Waals surface area contributed by atoms with Gasteiger partial charge in [-0.15, -0.1) is 11.3 Å². The van der Waals surface area contributed by atoms with Crippen molar-refractivity contribution in [2.75, 3.05) is 18.5 Å². The van der Waals surface area contributed by atoms with Crippen molar-refractivity contribution < 1.29 is 5.11 Å². The minimum absolute atomic E-state index is 0.179. The van der Waals surface area contributed by atoms with Crippen LogP contribution in [0.2, 0.25) is 0 Å². The summed E-state index contributed by atoms with van der Waals surface area (Å²) >= 11 is 1.72. The maximum absolute atomic E-state index is 9.35. The van der Waals surface area contributed by atoms with Gasteiger partial charge in [-0.1, -0.05) is 37.3 Å². The van der Waals surface area contributed by atoms with E-state index in [0.29, 0.717) is 0 Å². The lowest BCUT2D eigenvalue weighted by Crippen LogP contribution is -2.15. The zero-order valence-corrected chi connectivity index (χ0v) is 14.0. The Labute approximate surface area is 140 Å². The van der Waals surface area contributed by atoms with Crippen molar-refractivity contribution in [3.8, 4) is 0 Å². The molecule has 0 saturated carbocycles. The third-order valence-corrected chi connectivity index (χ3v) is 5.18. The fraction of sp³-hybridized carbons (Fsp3) is 0.333. The van der Waals surface area contributed by atoms with Gasteiger partial charge in [0.1, 0.15) is 17.0 Å². The van der Waals surface area contributed by atoms with Crippen molar-refractivity contribution in [2.24, 2.45) is 0 Å². The number of nitrogens with one attached hydrogen (secondary N) is 1. The first-order valence-electron chi connectivity index (χ1n) is 7.95. The van der Waals surface area contributed by atoms with E-state index < -0.39 is 0 Å². The first-order chi connectivity index (χ1) is 11.3. The molecule has 23 heavy (non-hydrogen) atoms. The average molecular weight is 327 g/mol. The van der Waals surface area contributed by atoms with E-state index >= 15 is 0 Å². The summed E-state index contributed by atoms with van der Waals surface area (Å²) in [6.07, 6.45) is 3.36. The predicted octanol–water partition coefficient (Wildman–Crippen LogP) is 3.83. The van der Waals surface area contributed by atoms with Crippen molar-refractivity contribution in [1.29, 1.82) is 0 Å². The van der Waals surface area contributed by atoms with Gasteiger partial charge in [0.2, 0.25) is 0 Å². The molecule has 0 fully saturated rings. The summed E-state index contributed by atoms with van der Waals surface area (Å²) in [5.41, 5.74) is 1.24. The summed E-state index contributed by atoms with van der Waals surface area (Å²) in [6.45, 7) is 3.07. The molecular formula is C18H21N3OS. The van der Waals surface area contributed by atoms with Crippen molar-refractivity contribution >= 4 is 27.4 Å². The minimum atomic E-state index is 0.179. The highest BCUT2D eigenvalue weighted by atomic mass is 32.1. The highest BCUT2D eigenvalue weighted by Gasteiger charge is 2.13. The van der Waals surface area contributed by atoms with E-state index in [-0.39, 0.29) is 12.5 Å². The van der Waals surface area contributed by atoms with Gasteiger partial charge in [-0.2, -0.15) is 0 Å². The molecule has 1 atom stereocenters. The summed E-state index contributed by atoms with van der Waals surface area (Å²) in [5, 5.41) is 13.9. The zero-order valence-electron chi connectivity index (χ0n) is 13.2. The molecule has 0 aliphatic rings. The number of aryl methyl sites for hydroxylation is 1. The summed E-state index contributed by atoms with van der Waals surface area (Å²) in [6, 6.07) is 12.5. The molecule has 1 unspecified atom stereocenters. The standard InChI is InChI=1S/C18H21N3OS/c1-2-15-10-16-17(20-12-21-18(16)23-15)19-11-14(8-9-22)13-6-4-3-5-7-13/h3-7,10,12,14,22H,2,8-9,11H2,1H3,(H,19,20,21). The topological polar surface area (TPSA) is 58.0 Å². The van der Waals surface area contributed by atoms with Crippen LogP contribution >= 0.6 is 11.3 Å². The lowest BCUT2D eigenvalue weighted by atomic mass is 9.96. The normalized spacial score (nSPS) is 12.4. The van der Waals surface area contributed by atoms with Gasteiger partial charge in [-0.05, 0) is 24.5 Å². The van der Waals surface area contributed by atoms with Crippen molar-refractivity contribution in [1.82, 2.24) is 9.97 Å². The Hall–Kier alpha value is -1.98. The third-order valence-electron chi connectivity index (χ3n) is 3.99. The second-order valence-electron chi connectivity index (χ2n) is 5.51. The number of fused-ring (bicyclic) bond motifs is 1. The van der Waals surface area contributed by atoms with Gasteiger partial charge in [0.25, 0.3) is 0 Å². The largest absolute Gasteiger partial charge is 0.396 e. The van der Waals surface area contributed by atoms with Gasteiger partial charge >= 0.3 is 0 Å². The molecule has 120 valence electrons. The Morgan fingerprint density at radius 2 is 2.04 bits per heavy atom. The van der Waals surface area contributed by atoms with Crippen LogP contribution in [0.1, 0.15) is 29.7 Å². The van der Waals surface area contributed by atoms with Crippen molar-refractivity contribution in [3.63, 3.8) is 0 Å². The maximum atomic E-state index is 9.35. The average Bonchev–Trinajstić information content (AvgIpc) is 3.03. The summed E-state index contributed by atoms with van der Waals surface area (Å²) in [5.74, 6) is 1.14. The van der Waals surface area contributed by atoms with E-state index in [2.05, 4.69) is 40.4 Å². The Balaban J connectivity index is 1.79. The molecule has 2 aromatic heterocycles. The van der Waals surface area contributed by atoms with Crippen LogP contribution < -0.4 is 5.32 Å². The van der Waals surface area contributed by atoms with Gasteiger partial charge in [0, 0.05) is 23.9 Å². The van der Waals surface area contributed by atoms with Crippen LogP contribution in [0, 0.1) is 0 Å². The van der Waals surface area contributed by atoms with Crippen LogP contribution in [0.4, 0.5) is 5.82 Å². The molecule has 2 N–H and O–H groups in total. The van der Waals surface area contributed by atoms with Crippen LogP contribution in [0.15, 0.2) is 42.7 Å². The van der Waals surface area contributed by atoms with Crippen molar-refractivity contribution in [3.05, 3.63) is 53.2 Å². The molecule has 0 aliphatic carbocycles. The lowest BCUT2D eigenvalue weighted by Gasteiger charge is -2.17. The van der Waals surface area contributed by atoms with E-state index in [1.54, 1.807) is 17.7 Å². The maximum Gasteiger partial charge on any atom is 0.138 e. The SMILES string of the molecule is CCc1cc2c(NCC(CCO)c3ccccc3)ncnc2s1. The summed E-state index contributed by atoms with van der Waals surface area (Å²) in [4.78, 5) is 11.1. The lowest BCUT2D eigenvalue weighted by molar-refractivity contribution is 0.277. The predicted molar refractivity (Wildman–Crippen MR) is 96.2 cm³/mol. The van der Waals surface area contributed by atoms with Gasteiger partial charge in [-0.25, -0.2) is 9.97 Å². The van der Waals surface area contributed by atoms with Gasteiger partial charge in [-0.3, -0.25) is 0 Å². The summed E-state index contributed by atoms with van der Waals surface area (Å²) < 4.78 is 0. The van der Waals surface area contributed by atoms with Crippen LogP contribution in [0.3, 0.4) is 0 Å². The number of rotatable bonds is 7. The molecule has 0 saturated heterocycles. The molecular weight excluding hydrogens is 306 g/mol. The Bertz CT molecular complexity index is 757. The number of aliphatic hydroxyl groups excluding tert-OH is 1. The molecule has 0 bridgehead atoms. The molecule has 4 nitrogen and oxygen atoms in total. The smallest absolute Gasteiger partial charge is 0.138 e. The first kappa shape index (κ1) is 15.9. The quantitative estimate of drug-likeness (QED) is 0.692. The van der Waals surface area contributed by atoms with E-state index in [0.717, 1.165) is 35.4 Å². The number of aromatic nitrogens is 2. The highest BCUT2D eigenvalue weighted by Crippen LogP contribution is 2.29. The monoisotopic (exact) mass is 327 g/mol. The van der Waals surface area contributed by atoms with E-state index in [4.69, 9.17) is 0 Å². The first-order valence-corrected chi connectivity index (χ1v) is 8.76. The fourth-order valence-electron chi connectivity index (χ4n) is 2.71. The van der Waals surface area contributed by atoms with E-state index in [1.165, 1.54) is 10.4 Å². The molecule has 0 aliphatic heterocycles. The molecule has 1 aromatic carbocycles. The number of anilines is 1. The van der Waals surface area contributed by atoms with Gasteiger partial charge in [0.05, 0.1) is 5.39 Å². The van der Waals surface area contributed by atoms with E-state index in [9.17, 15) is 5.11 Å². The summed E-state index contributed by atoms with van der Waals surface area (Å²) in [7, 11) is 0. The molecule has 3 rings (SSSR count). The molecule has 3 aromatic rings. The van der Waals surface area contributed by atoms with Crippen LogP contribution in [-0.4, -0.2) is 28.2 Å². The molecule has 0 amide bonds. The Morgan fingerprint density at radius 1 is 1.22 bits per heavy atom. The van der Waals surface area contributed by atoms with Crippen LogP contribution in [-0.2, 0) is 6.42 Å². The molecule has 0 spiro atoms. The fourth-order valence-corrected chi connectivity index (χ4v) is 3.64. The number of nitrogens with zero attached hydrogens (tertiary/aromatic N) is 2. The van der Waals surface area contributed by atoms with Gasteiger partial charge in [0.15, 0.2) is 0 Å². The Morgan fingerprint density at radius 3 is 2.78 bits per heavy atom. The molecule has 5 heteroatoms. The minimum Gasteiger partial charge on any atom is -0.396 e.